The summed E-state index contributed by atoms with van der Waals surface area (Å²) in [7, 11) is 0. The fourth-order valence-corrected chi connectivity index (χ4v) is 2.33. The van der Waals surface area contributed by atoms with Gasteiger partial charge >= 0.3 is 0 Å². The van der Waals surface area contributed by atoms with E-state index in [9.17, 15) is 0 Å². The number of nitrogens with zero attached hydrogens (tertiary/aromatic N) is 2. The molecule has 3 nitrogen and oxygen atoms in total. The van der Waals surface area contributed by atoms with Gasteiger partial charge < -0.3 is 10.2 Å². The lowest BCUT2D eigenvalue weighted by Gasteiger charge is -2.23. The van der Waals surface area contributed by atoms with Gasteiger partial charge in [-0.1, -0.05) is 0 Å². The molecule has 0 amide bonds. The van der Waals surface area contributed by atoms with E-state index in [1.165, 1.54) is 18.4 Å². The van der Waals surface area contributed by atoms with Crippen molar-refractivity contribution >= 4 is 21.7 Å². The highest BCUT2D eigenvalue weighted by Crippen LogP contribution is 2.24. The number of halogens is 1. The second-order valence-electron chi connectivity index (χ2n) is 4.46. The van der Waals surface area contributed by atoms with Gasteiger partial charge in [-0.05, 0) is 48.7 Å². The Morgan fingerprint density at radius 3 is 2.71 bits per heavy atom. The van der Waals surface area contributed by atoms with Crippen LogP contribution in [-0.4, -0.2) is 24.1 Å². The van der Waals surface area contributed by atoms with E-state index in [1.54, 1.807) is 0 Å². The Hall–Kier alpha value is -0.610. The summed E-state index contributed by atoms with van der Waals surface area (Å²) < 4.78 is 1.06. The van der Waals surface area contributed by atoms with Crippen LogP contribution in [0.5, 0.6) is 0 Å². The quantitative estimate of drug-likeness (QED) is 0.875. The van der Waals surface area contributed by atoms with E-state index in [0.29, 0.717) is 0 Å². The molecule has 0 unspecified atom stereocenters. The van der Waals surface area contributed by atoms with Crippen LogP contribution in [0.3, 0.4) is 0 Å². The maximum absolute atomic E-state index is 4.56. The van der Waals surface area contributed by atoms with Gasteiger partial charge in [-0.15, -0.1) is 0 Å². The van der Waals surface area contributed by atoms with Gasteiger partial charge in [0.1, 0.15) is 5.82 Å². The number of rotatable bonds is 6. The molecule has 0 saturated heterocycles. The molecule has 1 aliphatic carbocycles. The molecule has 94 valence electrons. The van der Waals surface area contributed by atoms with Crippen molar-refractivity contribution in [3.05, 3.63) is 22.3 Å². The fraction of sp³-hybridized carbons (Fsp3) is 0.615. The smallest absolute Gasteiger partial charge is 0.133 e. The van der Waals surface area contributed by atoms with Crippen LogP contribution in [0.4, 0.5) is 5.82 Å². The van der Waals surface area contributed by atoms with E-state index in [1.807, 2.05) is 6.20 Å². The molecular weight excluding hydrogens is 278 g/mol. The highest BCUT2D eigenvalue weighted by Gasteiger charge is 2.21. The number of hydrogen-bond donors (Lipinski definition) is 1. The lowest BCUT2D eigenvalue weighted by molar-refractivity contribution is 0.681. The highest BCUT2D eigenvalue weighted by atomic mass is 79.9. The monoisotopic (exact) mass is 297 g/mol. The number of aromatic nitrogens is 1. The first-order valence-electron chi connectivity index (χ1n) is 6.37. The molecule has 0 aliphatic heterocycles. The van der Waals surface area contributed by atoms with Crippen molar-refractivity contribution in [3.63, 3.8) is 0 Å². The van der Waals surface area contributed by atoms with Gasteiger partial charge in [-0.3, -0.25) is 0 Å². The summed E-state index contributed by atoms with van der Waals surface area (Å²) in [5, 5.41) is 3.56. The van der Waals surface area contributed by atoms with E-state index in [4.69, 9.17) is 0 Å². The first-order chi connectivity index (χ1) is 8.24. The lowest BCUT2D eigenvalue weighted by atomic mass is 10.2. The molecule has 1 aromatic heterocycles. The SMILES string of the molecule is CCN(CC)c1ncc(Br)cc1CNC1CC1. The van der Waals surface area contributed by atoms with Crippen molar-refractivity contribution in [2.45, 2.75) is 39.3 Å². The molecular formula is C13H20BrN3. The standard InChI is InChI=1S/C13H20BrN3/c1-3-17(4-2)13-10(7-11(14)9-16-13)8-15-12-5-6-12/h7,9,12,15H,3-6,8H2,1-2H3. The number of nitrogens with one attached hydrogen (secondary N) is 1. The van der Waals surface area contributed by atoms with Gasteiger partial charge in [-0.2, -0.15) is 0 Å². The van der Waals surface area contributed by atoms with Crippen LogP contribution >= 0.6 is 15.9 Å². The maximum Gasteiger partial charge on any atom is 0.133 e. The summed E-state index contributed by atoms with van der Waals surface area (Å²) >= 11 is 3.50. The van der Waals surface area contributed by atoms with Crippen molar-refractivity contribution in [3.8, 4) is 0 Å². The average Bonchev–Trinajstić information content (AvgIpc) is 3.14. The minimum atomic E-state index is 0.735. The molecule has 4 heteroatoms. The summed E-state index contributed by atoms with van der Waals surface area (Å²) in [6.45, 7) is 7.27. The van der Waals surface area contributed by atoms with Crippen LogP contribution in [0.2, 0.25) is 0 Å². The van der Waals surface area contributed by atoms with Crippen molar-refractivity contribution in [2.24, 2.45) is 0 Å². The first kappa shape index (κ1) is 12.8. The lowest BCUT2D eigenvalue weighted by Crippen LogP contribution is -2.26. The normalized spacial score (nSPS) is 15.0. The van der Waals surface area contributed by atoms with E-state index in [2.05, 4.69) is 51.0 Å². The third-order valence-electron chi connectivity index (χ3n) is 3.13. The predicted octanol–water partition coefficient (Wildman–Crippen LogP) is 2.94. The Morgan fingerprint density at radius 1 is 1.41 bits per heavy atom. The van der Waals surface area contributed by atoms with Gasteiger partial charge in [0.15, 0.2) is 0 Å². The third kappa shape index (κ3) is 3.42. The molecule has 0 atom stereocenters. The summed E-state index contributed by atoms with van der Waals surface area (Å²) in [6, 6.07) is 2.91. The molecule has 0 aromatic carbocycles. The third-order valence-corrected chi connectivity index (χ3v) is 3.56. The predicted molar refractivity (Wildman–Crippen MR) is 75.4 cm³/mol. The van der Waals surface area contributed by atoms with Gasteiger partial charge in [-0.25, -0.2) is 4.98 Å². The second-order valence-corrected chi connectivity index (χ2v) is 5.38. The molecule has 1 saturated carbocycles. The molecule has 1 fully saturated rings. The van der Waals surface area contributed by atoms with Gasteiger partial charge in [0.2, 0.25) is 0 Å². The molecule has 1 heterocycles. The number of anilines is 1. The average molecular weight is 298 g/mol. The minimum absolute atomic E-state index is 0.735. The Morgan fingerprint density at radius 2 is 2.12 bits per heavy atom. The van der Waals surface area contributed by atoms with Crippen LogP contribution in [-0.2, 0) is 6.54 Å². The number of pyridine rings is 1. The molecule has 0 radical (unpaired) electrons. The van der Waals surface area contributed by atoms with Gasteiger partial charge in [0.25, 0.3) is 0 Å². The molecule has 1 aromatic rings. The van der Waals surface area contributed by atoms with Crippen LogP contribution in [0.1, 0.15) is 32.3 Å². The highest BCUT2D eigenvalue weighted by molar-refractivity contribution is 9.10. The Labute approximate surface area is 112 Å². The van der Waals surface area contributed by atoms with E-state index < -0.39 is 0 Å². The molecule has 1 aliphatic rings. The Kier molecular flexibility index (Phi) is 4.40. The first-order valence-corrected chi connectivity index (χ1v) is 7.16. The summed E-state index contributed by atoms with van der Waals surface area (Å²) in [4.78, 5) is 6.86. The topological polar surface area (TPSA) is 28.2 Å². The molecule has 0 bridgehead atoms. The maximum atomic E-state index is 4.56. The zero-order valence-corrected chi connectivity index (χ0v) is 12.1. The Bertz CT molecular complexity index is 373. The summed E-state index contributed by atoms with van der Waals surface area (Å²) in [6.07, 6.45) is 4.53. The zero-order valence-electron chi connectivity index (χ0n) is 10.5. The second kappa shape index (κ2) is 5.83. The molecule has 0 spiro atoms. The van der Waals surface area contributed by atoms with Gasteiger partial charge in [0, 0.05) is 41.9 Å². The Balaban J connectivity index is 2.15. The number of hydrogen-bond acceptors (Lipinski definition) is 3. The fourth-order valence-electron chi connectivity index (χ4n) is 1.95. The molecule has 1 N–H and O–H groups in total. The van der Waals surface area contributed by atoms with Crippen molar-refractivity contribution in [1.29, 1.82) is 0 Å². The van der Waals surface area contributed by atoms with Crippen molar-refractivity contribution < 1.29 is 0 Å². The van der Waals surface area contributed by atoms with Crippen LogP contribution < -0.4 is 10.2 Å². The summed E-state index contributed by atoms with van der Waals surface area (Å²) in [5.41, 5.74) is 1.29. The van der Waals surface area contributed by atoms with E-state index in [-0.39, 0.29) is 0 Å². The minimum Gasteiger partial charge on any atom is -0.357 e. The van der Waals surface area contributed by atoms with Crippen LogP contribution in [0.15, 0.2) is 16.7 Å². The van der Waals surface area contributed by atoms with Crippen molar-refractivity contribution in [1.82, 2.24) is 10.3 Å². The zero-order chi connectivity index (χ0) is 12.3. The van der Waals surface area contributed by atoms with Crippen molar-refractivity contribution in [2.75, 3.05) is 18.0 Å². The largest absolute Gasteiger partial charge is 0.357 e. The van der Waals surface area contributed by atoms with Crippen LogP contribution in [0.25, 0.3) is 0 Å². The van der Waals surface area contributed by atoms with E-state index in [0.717, 1.165) is 36.0 Å². The van der Waals surface area contributed by atoms with E-state index >= 15 is 0 Å². The van der Waals surface area contributed by atoms with Crippen LogP contribution in [0, 0.1) is 0 Å². The molecule has 17 heavy (non-hydrogen) atoms. The molecule has 2 rings (SSSR count). The van der Waals surface area contributed by atoms with Gasteiger partial charge in [0.05, 0.1) is 0 Å². The summed E-state index contributed by atoms with van der Waals surface area (Å²) in [5.74, 6) is 1.12.